The molecule has 2 unspecified atom stereocenters. The monoisotopic (exact) mass is 1240 g/mol. The average molecular weight is 1240 g/mol. The van der Waals surface area contributed by atoms with E-state index >= 15 is 0 Å². The number of rotatable bonds is 79. The quantitative estimate of drug-likeness (QED) is 0.0417. The van der Waals surface area contributed by atoms with Gasteiger partial charge < -0.3 is 20.3 Å². The highest BCUT2D eigenvalue weighted by molar-refractivity contribution is 5.76. The fraction of sp³-hybridized carbons (Fsp3) is 0.976. The van der Waals surface area contributed by atoms with Crippen molar-refractivity contribution >= 4 is 11.9 Å². The van der Waals surface area contributed by atoms with E-state index in [4.69, 9.17) is 4.74 Å². The lowest BCUT2D eigenvalue weighted by Crippen LogP contribution is -2.45. The van der Waals surface area contributed by atoms with Crippen LogP contribution < -0.4 is 5.32 Å². The van der Waals surface area contributed by atoms with Crippen LogP contribution in [-0.2, 0) is 14.3 Å². The van der Waals surface area contributed by atoms with Crippen LogP contribution in [0, 0.1) is 0 Å². The number of ether oxygens (including phenoxy) is 1. The summed E-state index contributed by atoms with van der Waals surface area (Å²) in [5.74, 6) is 0.00260. The van der Waals surface area contributed by atoms with Crippen LogP contribution in [0.1, 0.15) is 489 Å². The molecule has 0 heterocycles. The Morgan fingerprint density at radius 2 is 0.466 bits per heavy atom. The molecule has 0 fully saturated rings. The van der Waals surface area contributed by atoms with Crippen molar-refractivity contribution in [3.8, 4) is 0 Å². The first-order valence-electron chi connectivity index (χ1n) is 41.3. The van der Waals surface area contributed by atoms with Gasteiger partial charge >= 0.3 is 5.97 Å². The van der Waals surface area contributed by atoms with Crippen molar-refractivity contribution in [2.24, 2.45) is 0 Å². The van der Waals surface area contributed by atoms with Gasteiger partial charge in [-0.2, -0.15) is 0 Å². The molecular formula is C82H163NO5. The minimum atomic E-state index is -0.662. The summed E-state index contributed by atoms with van der Waals surface area (Å²) in [6.07, 6.45) is 97.8. The molecule has 0 rings (SSSR count). The molecule has 88 heavy (non-hydrogen) atoms. The lowest BCUT2D eigenvalue weighted by molar-refractivity contribution is -0.143. The average Bonchev–Trinajstić information content (AvgIpc) is 3.58. The number of unbranched alkanes of at least 4 members (excludes halogenated alkanes) is 68. The normalized spacial score (nSPS) is 12.4. The van der Waals surface area contributed by atoms with Gasteiger partial charge in [0.2, 0.25) is 5.91 Å². The van der Waals surface area contributed by atoms with Crippen molar-refractivity contribution in [2.45, 2.75) is 501 Å². The molecule has 1 amide bonds. The largest absolute Gasteiger partial charge is 0.466 e. The van der Waals surface area contributed by atoms with Crippen molar-refractivity contribution in [2.75, 3.05) is 13.2 Å². The van der Waals surface area contributed by atoms with Gasteiger partial charge in [0.15, 0.2) is 0 Å². The summed E-state index contributed by atoms with van der Waals surface area (Å²) in [5, 5.41) is 23.5. The van der Waals surface area contributed by atoms with Gasteiger partial charge in [0, 0.05) is 12.8 Å². The van der Waals surface area contributed by atoms with Crippen LogP contribution in [0.2, 0.25) is 0 Å². The number of hydrogen-bond donors (Lipinski definition) is 3. The molecule has 0 aliphatic rings. The number of amides is 1. The topological polar surface area (TPSA) is 95.9 Å². The molecule has 2 atom stereocenters. The van der Waals surface area contributed by atoms with Gasteiger partial charge in [-0.15, -0.1) is 0 Å². The third kappa shape index (κ3) is 73.9. The second-order valence-electron chi connectivity index (χ2n) is 28.8. The first kappa shape index (κ1) is 86.9. The number of carbonyl (C=O) groups is 2. The number of hydrogen-bond acceptors (Lipinski definition) is 5. The lowest BCUT2D eigenvalue weighted by Gasteiger charge is -2.22. The zero-order valence-corrected chi connectivity index (χ0v) is 60.5. The Bertz CT molecular complexity index is 1290. The molecular weight excluding hydrogens is 1080 g/mol. The van der Waals surface area contributed by atoms with Gasteiger partial charge in [-0.3, -0.25) is 9.59 Å². The van der Waals surface area contributed by atoms with E-state index in [1.54, 1.807) is 0 Å². The fourth-order valence-corrected chi connectivity index (χ4v) is 13.6. The molecule has 0 aromatic carbocycles. The van der Waals surface area contributed by atoms with E-state index in [1.807, 2.05) is 0 Å². The van der Waals surface area contributed by atoms with E-state index in [2.05, 4.69) is 19.2 Å². The Kier molecular flexibility index (Phi) is 77.3. The van der Waals surface area contributed by atoms with Gasteiger partial charge in [-0.1, -0.05) is 450 Å². The van der Waals surface area contributed by atoms with Crippen LogP contribution >= 0.6 is 0 Å². The smallest absolute Gasteiger partial charge is 0.305 e. The predicted molar refractivity (Wildman–Crippen MR) is 389 cm³/mol. The van der Waals surface area contributed by atoms with Crippen LogP contribution in [0.4, 0.5) is 0 Å². The SMILES string of the molecule is CCCCCCCCCCCCCCCCCCCCCCCCCC(O)C(CO)NC(=O)CCCCCCCCCCCCCCCCCCCCCCCCCCCCCCCCCCOC(=O)CCCCCCCCCCCCCCCCCC. The molecule has 0 aliphatic carbocycles. The summed E-state index contributed by atoms with van der Waals surface area (Å²) < 4.78 is 5.51. The molecule has 0 bridgehead atoms. The van der Waals surface area contributed by atoms with Gasteiger partial charge in [0.05, 0.1) is 25.4 Å². The van der Waals surface area contributed by atoms with E-state index in [-0.39, 0.29) is 18.5 Å². The Labute approximate surface area is 553 Å². The van der Waals surface area contributed by atoms with E-state index in [0.29, 0.717) is 25.9 Å². The van der Waals surface area contributed by atoms with Gasteiger partial charge in [0.1, 0.15) is 0 Å². The molecule has 0 saturated heterocycles. The third-order valence-corrected chi connectivity index (χ3v) is 19.9. The molecule has 6 heteroatoms. The highest BCUT2D eigenvalue weighted by Gasteiger charge is 2.20. The highest BCUT2D eigenvalue weighted by atomic mass is 16.5. The Morgan fingerprint density at radius 3 is 0.693 bits per heavy atom. The molecule has 0 aromatic heterocycles. The fourth-order valence-electron chi connectivity index (χ4n) is 13.6. The maximum atomic E-state index is 12.6. The first-order valence-corrected chi connectivity index (χ1v) is 41.3. The standard InChI is InChI=1S/C82H163NO5/c1-3-5-7-9-11-13-15-17-19-21-22-23-34-37-40-43-46-50-54-58-62-66-70-74-80(85)79(78-84)83-81(86)75-71-67-63-59-55-51-47-44-41-38-35-32-30-28-26-24-25-27-29-31-33-36-39-42-45-49-53-57-61-65-69-73-77-88-82(87)76-72-68-64-60-56-52-48-20-18-16-14-12-10-8-6-4-2/h79-80,84-85H,3-78H2,1-2H3,(H,83,86). The Hall–Kier alpha value is -1.14. The summed E-state index contributed by atoms with van der Waals surface area (Å²) in [5.41, 5.74) is 0. The molecule has 6 nitrogen and oxygen atoms in total. The van der Waals surface area contributed by atoms with Crippen LogP contribution in [0.3, 0.4) is 0 Å². The molecule has 0 aromatic rings. The van der Waals surface area contributed by atoms with Crippen LogP contribution in [0.5, 0.6) is 0 Å². The lowest BCUT2D eigenvalue weighted by atomic mass is 10.0. The van der Waals surface area contributed by atoms with Gasteiger partial charge in [0.25, 0.3) is 0 Å². The molecule has 0 spiro atoms. The Morgan fingerprint density at radius 1 is 0.273 bits per heavy atom. The number of nitrogens with one attached hydrogen (secondary N) is 1. The molecule has 526 valence electrons. The third-order valence-electron chi connectivity index (χ3n) is 19.9. The predicted octanol–water partition coefficient (Wildman–Crippen LogP) is 27.3. The minimum Gasteiger partial charge on any atom is -0.466 e. The van der Waals surface area contributed by atoms with Gasteiger partial charge in [-0.25, -0.2) is 0 Å². The minimum absolute atomic E-state index is 0.0238. The van der Waals surface area contributed by atoms with Crippen molar-refractivity contribution in [1.29, 1.82) is 0 Å². The summed E-state index contributed by atoms with van der Waals surface area (Å²) in [7, 11) is 0. The van der Waals surface area contributed by atoms with Crippen molar-refractivity contribution in [3.63, 3.8) is 0 Å². The number of aliphatic hydroxyl groups is 2. The molecule has 0 aliphatic heterocycles. The second kappa shape index (κ2) is 78.3. The van der Waals surface area contributed by atoms with Gasteiger partial charge in [-0.05, 0) is 25.7 Å². The summed E-state index contributed by atoms with van der Waals surface area (Å²) >= 11 is 0. The summed E-state index contributed by atoms with van der Waals surface area (Å²) in [6, 6.07) is -0.538. The zero-order chi connectivity index (χ0) is 63.5. The van der Waals surface area contributed by atoms with E-state index in [1.165, 1.54) is 417 Å². The van der Waals surface area contributed by atoms with Crippen molar-refractivity contribution in [3.05, 3.63) is 0 Å². The Balaban J connectivity index is 3.31. The zero-order valence-electron chi connectivity index (χ0n) is 60.5. The molecule has 0 saturated carbocycles. The second-order valence-corrected chi connectivity index (χ2v) is 28.8. The van der Waals surface area contributed by atoms with E-state index in [9.17, 15) is 19.8 Å². The maximum absolute atomic E-state index is 12.6. The summed E-state index contributed by atoms with van der Waals surface area (Å²) in [6.45, 7) is 5.03. The van der Waals surface area contributed by atoms with Crippen LogP contribution in [0.25, 0.3) is 0 Å². The number of aliphatic hydroxyl groups excluding tert-OH is 2. The summed E-state index contributed by atoms with van der Waals surface area (Å²) in [4.78, 5) is 24.7. The number of esters is 1. The van der Waals surface area contributed by atoms with Crippen molar-refractivity contribution in [1.82, 2.24) is 5.32 Å². The van der Waals surface area contributed by atoms with E-state index in [0.717, 1.165) is 38.5 Å². The maximum Gasteiger partial charge on any atom is 0.305 e. The first-order chi connectivity index (χ1) is 43.5. The van der Waals surface area contributed by atoms with Crippen LogP contribution in [0.15, 0.2) is 0 Å². The molecule has 3 N–H and O–H groups in total. The van der Waals surface area contributed by atoms with Crippen molar-refractivity contribution < 1.29 is 24.5 Å². The van der Waals surface area contributed by atoms with E-state index < -0.39 is 12.1 Å². The number of carbonyl (C=O) groups excluding carboxylic acids is 2. The highest BCUT2D eigenvalue weighted by Crippen LogP contribution is 2.21. The van der Waals surface area contributed by atoms with Crippen LogP contribution in [-0.4, -0.2) is 47.4 Å². The molecule has 0 radical (unpaired) electrons.